The smallest absolute Gasteiger partial charge is 0.352 e. The quantitative estimate of drug-likeness (QED) is 0.420. The Hall–Kier alpha value is -2.98. The summed E-state index contributed by atoms with van der Waals surface area (Å²) in [6.45, 7) is 2.15. The minimum absolute atomic E-state index is 0.211. The van der Waals surface area contributed by atoms with E-state index in [1.807, 2.05) is 24.4 Å². The first kappa shape index (κ1) is 21.3. The summed E-state index contributed by atoms with van der Waals surface area (Å²) >= 11 is 3.12. The van der Waals surface area contributed by atoms with Crippen LogP contribution in [0.15, 0.2) is 54.0 Å². The van der Waals surface area contributed by atoms with Crippen molar-refractivity contribution in [2.75, 3.05) is 6.54 Å². The molecule has 0 fully saturated rings. The summed E-state index contributed by atoms with van der Waals surface area (Å²) in [6.07, 6.45) is -3.26. The molecular formula is C21H17F3N4OS2. The van der Waals surface area contributed by atoms with Gasteiger partial charge in [0.25, 0.3) is 5.91 Å². The Morgan fingerprint density at radius 3 is 2.61 bits per heavy atom. The van der Waals surface area contributed by atoms with Crippen LogP contribution in [0.1, 0.15) is 25.9 Å². The number of thiazole rings is 1. The molecule has 1 amide bonds. The molecule has 10 heteroatoms. The van der Waals surface area contributed by atoms with Crippen molar-refractivity contribution in [3.05, 3.63) is 75.2 Å². The van der Waals surface area contributed by atoms with Crippen LogP contribution in [0.5, 0.6) is 0 Å². The van der Waals surface area contributed by atoms with E-state index in [4.69, 9.17) is 0 Å². The predicted octanol–water partition coefficient (Wildman–Crippen LogP) is 5.36. The molecule has 31 heavy (non-hydrogen) atoms. The van der Waals surface area contributed by atoms with Gasteiger partial charge >= 0.3 is 6.18 Å². The largest absolute Gasteiger partial charge is 0.434 e. The summed E-state index contributed by atoms with van der Waals surface area (Å²) < 4.78 is 41.8. The number of alkyl halides is 3. The molecule has 3 aromatic heterocycles. The highest BCUT2D eigenvalue weighted by Gasteiger charge is 2.40. The van der Waals surface area contributed by atoms with Gasteiger partial charge in [0.1, 0.15) is 0 Å². The maximum atomic E-state index is 13.7. The number of halogens is 3. The van der Waals surface area contributed by atoms with Crippen molar-refractivity contribution in [1.29, 1.82) is 0 Å². The van der Waals surface area contributed by atoms with Crippen molar-refractivity contribution in [3.8, 4) is 16.3 Å². The number of thiophene rings is 1. The second-order valence-electron chi connectivity index (χ2n) is 6.68. The van der Waals surface area contributed by atoms with Gasteiger partial charge in [0, 0.05) is 16.8 Å². The molecule has 4 rings (SSSR count). The van der Waals surface area contributed by atoms with Gasteiger partial charge in [0.15, 0.2) is 5.69 Å². The van der Waals surface area contributed by atoms with Crippen LogP contribution in [0.2, 0.25) is 0 Å². The fraction of sp³-hybridized carbons (Fsp3) is 0.190. The third-order valence-corrected chi connectivity index (χ3v) is 6.41. The third kappa shape index (κ3) is 4.70. The lowest BCUT2D eigenvalue weighted by atomic mass is 10.2. The lowest BCUT2D eigenvalue weighted by Gasteiger charge is -2.12. The van der Waals surface area contributed by atoms with Crippen molar-refractivity contribution >= 4 is 28.6 Å². The summed E-state index contributed by atoms with van der Waals surface area (Å²) in [5.74, 6) is -0.804. The number of aromatic nitrogens is 3. The molecule has 0 unspecified atom stereocenters. The zero-order valence-electron chi connectivity index (χ0n) is 16.3. The molecule has 5 nitrogen and oxygen atoms in total. The number of hydrogen-bond donors (Lipinski definition) is 1. The number of aryl methyl sites for hydroxylation is 1. The highest BCUT2D eigenvalue weighted by Crippen LogP contribution is 2.34. The van der Waals surface area contributed by atoms with Gasteiger partial charge in [-0.25, -0.2) is 9.67 Å². The number of nitrogens with zero attached hydrogens (tertiary/aromatic N) is 3. The van der Waals surface area contributed by atoms with Gasteiger partial charge < -0.3 is 5.32 Å². The number of carbonyl (C=O) groups is 1. The first-order valence-corrected chi connectivity index (χ1v) is 11.0. The van der Waals surface area contributed by atoms with Gasteiger partial charge in [-0.3, -0.25) is 4.79 Å². The van der Waals surface area contributed by atoms with Crippen LogP contribution < -0.4 is 5.32 Å². The fourth-order valence-corrected chi connectivity index (χ4v) is 4.73. The maximum Gasteiger partial charge on any atom is 0.434 e. The molecule has 4 aromatic rings. The van der Waals surface area contributed by atoms with Crippen LogP contribution in [0.4, 0.5) is 13.2 Å². The molecule has 0 radical (unpaired) electrons. The fourth-order valence-electron chi connectivity index (χ4n) is 3.07. The lowest BCUT2D eigenvalue weighted by Crippen LogP contribution is -2.28. The maximum absolute atomic E-state index is 13.7. The van der Waals surface area contributed by atoms with Crippen LogP contribution in [0, 0.1) is 6.92 Å². The number of hydrogen-bond acceptors (Lipinski definition) is 5. The zero-order valence-corrected chi connectivity index (χ0v) is 17.9. The van der Waals surface area contributed by atoms with E-state index < -0.39 is 23.3 Å². The third-order valence-electron chi connectivity index (χ3n) is 4.47. The number of carbonyl (C=O) groups excluding carboxylic acids is 1. The van der Waals surface area contributed by atoms with E-state index in [1.165, 1.54) is 12.1 Å². The number of para-hydroxylation sites is 1. The van der Waals surface area contributed by atoms with E-state index >= 15 is 0 Å². The van der Waals surface area contributed by atoms with E-state index in [0.29, 0.717) is 6.42 Å². The van der Waals surface area contributed by atoms with Gasteiger partial charge in [-0.05, 0) is 37.6 Å². The summed E-state index contributed by atoms with van der Waals surface area (Å²) in [4.78, 5) is 19.0. The number of amides is 1. The Morgan fingerprint density at radius 2 is 1.94 bits per heavy atom. The number of rotatable bonds is 6. The van der Waals surface area contributed by atoms with Gasteiger partial charge in [-0.1, -0.05) is 18.2 Å². The highest BCUT2D eigenvalue weighted by molar-refractivity contribution is 7.16. The minimum atomic E-state index is -4.73. The molecule has 0 atom stereocenters. The standard InChI is InChI=1S/C21H17F3N4OS2/c1-13-27-17(12-30-13)18-8-7-15(31-18)9-10-25-20(29)16-11-26-28(19(16)21(22,23)24)14-5-3-2-4-6-14/h2-8,11-12H,9-10H2,1H3,(H,25,29). The first-order valence-electron chi connectivity index (χ1n) is 9.33. The molecule has 0 saturated carbocycles. The van der Waals surface area contributed by atoms with Gasteiger partial charge in [-0.2, -0.15) is 18.3 Å². The molecule has 0 bridgehead atoms. The Morgan fingerprint density at radius 1 is 1.16 bits per heavy atom. The molecule has 1 N–H and O–H groups in total. The zero-order chi connectivity index (χ0) is 22.0. The predicted molar refractivity (Wildman–Crippen MR) is 115 cm³/mol. The molecule has 0 aliphatic rings. The van der Waals surface area contributed by atoms with Crippen molar-refractivity contribution in [2.24, 2.45) is 0 Å². The summed E-state index contributed by atoms with van der Waals surface area (Å²) in [6, 6.07) is 11.8. The van der Waals surface area contributed by atoms with E-state index in [2.05, 4.69) is 15.4 Å². The molecule has 0 spiro atoms. The Labute approximate surface area is 184 Å². The summed E-state index contributed by atoms with van der Waals surface area (Å²) in [7, 11) is 0. The van der Waals surface area contributed by atoms with Crippen molar-refractivity contribution in [3.63, 3.8) is 0 Å². The summed E-state index contributed by atoms with van der Waals surface area (Å²) in [5, 5.41) is 9.35. The van der Waals surface area contributed by atoms with Crippen LogP contribution in [0.25, 0.3) is 16.3 Å². The molecule has 0 aliphatic carbocycles. The molecule has 1 aromatic carbocycles. The van der Waals surface area contributed by atoms with Crippen molar-refractivity contribution in [2.45, 2.75) is 19.5 Å². The highest BCUT2D eigenvalue weighted by atomic mass is 32.1. The molecule has 0 aliphatic heterocycles. The lowest BCUT2D eigenvalue weighted by molar-refractivity contribution is -0.143. The van der Waals surface area contributed by atoms with E-state index in [-0.39, 0.29) is 12.2 Å². The number of benzene rings is 1. The monoisotopic (exact) mass is 462 g/mol. The van der Waals surface area contributed by atoms with Gasteiger partial charge in [0.05, 0.1) is 33.0 Å². The SMILES string of the molecule is Cc1nc(-c2ccc(CCNC(=O)c3cnn(-c4ccccc4)c3C(F)(F)F)s2)cs1. The topological polar surface area (TPSA) is 59.8 Å². The second kappa shape index (κ2) is 8.64. The summed E-state index contributed by atoms with van der Waals surface area (Å²) in [5.41, 5.74) is -0.446. The molecular weight excluding hydrogens is 445 g/mol. The molecule has 3 heterocycles. The molecule has 160 valence electrons. The van der Waals surface area contributed by atoms with Crippen LogP contribution in [0.3, 0.4) is 0 Å². The van der Waals surface area contributed by atoms with E-state index in [1.54, 1.807) is 40.9 Å². The van der Waals surface area contributed by atoms with Crippen LogP contribution in [-0.4, -0.2) is 27.2 Å². The average Bonchev–Trinajstić information content (AvgIpc) is 3.47. The van der Waals surface area contributed by atoms with Gasteiger partial charge in [-0.15, -0.1) is 22.7 Å². The van der Waals surface area contributed by atoms with E-state index in [0.717, 1.165) is 31.3 Å². The average molecular weight is 463 g/mol. The normalized spacial score (nSPS) is 11.6. The molecule has 0 saturated heterocycles. The first-order chi connectivity index (χ1) is 14.8. The Balaban J connectivity index is 1.46. The number of nitrogens with one attached hydrogen (secondary N) is 1. The van der Waals surface area contributed by atoms with Gasteiger partial charge in [0.2, 0.25) is 0 Å². The van der Waals surface area contributed by atoms with Crippen molar-refractivity contribution in [1.82, 2.24) is 20.1 Å². The Bertz CT molecular complexity index is 1190. The van der Waals surface area contributed by atoms with Crippen molar-refractivity contribution < 1.29 is 18.0 Å². The van der Waals surface area contributed by atoms with Crippen LogP contribution >= 0.6 is 22.7 Å². The minimum Gasteiger partial charge on any atom is -0.352 e. The van der Waals surface area contributed by atoms with Crippen LogP contribution in [-0.2, 0) is 12.6 Å². The Kier molecular flexibility index (Phi) is 5.92. The second-order valence-corrected chi connectivity index (χ2v) is 8.91. The van der Waals surface area contributed by atoms with E-state index in [9.17, 15) is 18.0 Å².